The second-order valence-corrected chi connectivity index (χ2v) is 8.18. The highest BCUT2D eigenvalue weighted by Gasteiger charge is 2.19. The van der Waals surface area contributed by atoms with Crippen molar-refractivity contribution in [1.29, 1.82) is 0 Å². The van der Waals surface area contributed by atoms with Crippen LogP contribution in [-0.2, 0) is 0 Å². The molecule has 0 unspecified atom stereocenters. The Morgan fingerprint density at radius 3 is 2.00 bits per heavy atom. The maximum Gasteiger partial charge on any atom is 0.259 e. The third-order valence-electron chi connectivity index (χ3n) is 5.68. The van der Waals surface area contributed by atoms with E-state index >= 15 is 0 Å². The summed E-state index contributed by atoms with van der Waals surface area (Å²) < 4.78 is 1.71. The van der Waals surface area contributed by atoms with Crippen LogP contribution in [-0.4, -0.2) is 21.5 Å². The van der Waals surface area contributed by atoms with E-state index in [2.05, 4.69) is 5.32 Å². The van der Waals surface area contributed by atoms with Gasteiger partial charge in [0.2, 0.25) is 0 Å². The number of rotatable bonds is 7. The van der Waals surface area contributed by atoms with Crippen molar-refractivity contribution in [2.75, 3.05) is 5.32 Å². The number of hydrogen-bond donors (Lipinski definition) is 1. The predicted octanol–water partition coefficient (Wildman–Crippen LogP) is 6.69. The topological polar surface area (TPSA) is 64.0 Å². The van der Waals surface area contributed by atoms with Gasteiger partial charge in [-0.15, -0.1) is 0 Å². The Morgan fingerprint density at radius 2 is 1.33 bits per heavy atom. The van der Waals surface area contributed by atoms with Gasteiger partial charge in [-0.2, -0.15) is 5.10 Å². The van der Waals surface area contributed by atoms with E-state index in [0.29, 0.717) is 22.5 Å². The Morgan fingerprint density at radius 1 is 0.722 bits per heavy atom. The van der Waals surface area contributed by atoms with Crippen LogP contribution in [0.1, 0.15) is 26.3 Å². The number of nitrogens with one attached hydrogen (secondary N) is 1. The van der Waals surface area contributed by atoms with E-state index in [1.807, 2.05) is 91.0 Å². The van der Waals surface area contributed by atoms with Crippen LogP contribution in [0.4, 0.5) is 5.69 Å². The number of allylic oxidation sites excluding steroid dienone is 1. The molecule has 5 heteroatoms. The average Bonchev–Trinajstić information content (AvgIpc) is 3.40. The van der Waals surface area contributed by atoms with Gasteiger partial charge in [-0.05, 0) is 48.0 Å². The Kier molecular flexibility index (Phi) is 6.63. The molecule has 0 radical (unpaired) electrons. The Hall–Kier alpha value is -5.03. The second kappa shape index (κ2) is 10.5. The van der Waals surface area contributed by atoms with Crippen LogP contribution in [0.2, 0.25) is 0 Å². The van der Waals surface area contributed by atoms with Crippen molar-refractivity contribution in [2.45, 2.75) is 0 Å². The molecule has 5 aromatic rings. The molecule has 36 heavy (non-hydrogen) atoms. The van der Waals surface area contributed by atoms with Crippen molar-refractivity contribution in [1.82, 2.24) is 9.78 Å². The highest BCUT2D eigenvalue weighted by molar-refractivity contribution is 6.09. The molecule has 1 amide bonds. The number of ketones is 1. The zero-order chi connectivity index (χ0) is 24.7. The molecule has 0 aliphatic carbocycles. The molecule has 0 saturated heterocycles. The second-order valence-electron chi connectivity index (χ2n) is 8.18. The number of carbonyl (C=O) groups excluding carboxylic acids is 2. The highest BCUT2D eigenvalue weighted by atomic mass is 16.1. The lowest BCUT2D eigenvalue weighted by Crippen LogP contribution is -2.12. The van der Waals surface area contributed by atoms with Crippen molar-refractivity contribution in [2.24, 2.45) is 0 Å². The number of nitrogens with zero attached hydrogens (tertiary/aromatic N) is 2. The third kappa shape index (κ3) is 5.21. The maximum absolute atomic E-state index is 13.3. The van der Waals surface area contributed by atoms with E-state index < -0.39 is 0 Å². The van der Waals surface area contributed by atoms with E-state index in [4.69, 9.17) is 5.10 Å². The largest absolute Gasteiger partial charge is 0.322 e. The molecule has 1 N–H and O–H groups in total. The van der Waals surface area contributed by atoms with Gasteiger partial charge in [0.25, 0.3) is 5.91 Å². The Labute approximate surface area is 209 Å². The lowest BCUT2D eigenvalue weighted by atomic mass is 10.1. The summed E-state index contributed by atoms with van der Waals surface area (Å²) in [4.78, 5) is 25.8. The van der Waals surface area contributed by atoms with Crippen molar-refractivity contribution >= 4 is 23.5 Å². The lowest BCUT2D eigenvalue weighted by Gasteiger charge is -2.06. The fourth-order valence-corrected chi connectivity index (χ4v) is 3.81. The number of benzene rings is 4. The summed E-state index contributed by atoms with van der Waals surface area (Å²) in [6, 6.07) is 35.8. The molecule has 5 rings (SSSR count). The van der Waals surface area contributed by atoms with Crippen LogP contribution < -0.4 is 5.32 Å². The molecule has 0 aliphatic heterocycles. The van der Waals surface area contributed by atoms with Gasteiger partial charge in [0.05, 0.1) is 11.3 Å². The van der Waals surface area contributed by atoms with Gasteiger partial charge >= 0.3 is 0 Å². The molecule has 0 aliphatic rings. The van der Waals surface area contributed by atoms with Gasteiger partial charge in [0.15, 0.2) is 5.78 Å². The van der Waals surface area contributed by atoms with Crippen molar-refractivity contribution in [3.05, 3.63) is 144 Å². The van der Waals surface area contributed by atoms with E-state index in [-0.39, 0.29) is 11.7 Å². The molecular weight excluding hydrogens is 446 g/mol. The molecule has 4 aromatic carbocycles. The van der Waals surface area contributed by atoms with Gasteiger partial charge in [0, 0.05) is 23.0 Å². The fraction of sp³-hybridized carbons (Fsp3) is 0. The minimum Gasteiger partial charge on any atom is -0.322 e. The van der Waals surface area contributed by atoms with E-state index in [9.17, 15) is 9.59 Å². The SMILES string of the molecule is O=C(C=Cc1ccccc1)c1ccc(NC(=O)c2cn(-c3ccccc3)nc2-c2ccccc2)cc1. The first-order chi connectivity index (χ1) is 17.7. The summed E-state index contributed by atoms with van der Waals surface area (Å²) in [7, 11) is 0. The van der Waals surface area contributed by atoms with Crippen LogP contribution in [0, 0.1) is 0 Å². The average molecular weight is 470 g/mol. The minimum absolute atomic E-state index is 0.104. The van der Waals surface area contributed by atoms with Gasteiger partial charge in [0.1, 0.15) is 5.69 Å². The van der Waals surface area contributed by atoms with Gasteiger partial charge < -0.3 is 5.32 Å². The quantitative estimate of drug-likeness (QED) is 0.213. The van der Waals surface area contributed by atoms with E-state index in [1.165, 1.54) is 0 Å². The molecule has 0 saturated carbocycles. The lowest BCUT2D eigenvalue weighted by molar-refractivity contribution is 0.102. The molecule has 0 bridgehead atoms. The summed E-state index contributed by atoms with van der Waals surface area (Å²) in [6.07, 6.45) is 5.07. The number of anilines is 1. The summed E-state index contributed by atoms with van der Waals surface area (Å²) >= 11 is 0. The number of para-hydroxylation sites is 1. The monoisotopic (exact) mass is 469 g/mol. The molecule has 1 heterocycles. The number of aromatic nitrogens is 2. The third-order valence-corrected chi connectivity index (χ3v) is 5.68. The van der Waals surface area contributed by atoms with Gasteiger partial charge in [-0.25, -0.2) is 4.68 Å². The van der Waals surface area contributed by atoms with Crippen LogP contribution in [0.3, 0.4) is 0 Å². The predicted molar refractivity (Wildman–Crippen MR) is 143 cm³/mol. The maximum atomic E-state index is 13.3. The zero-order valence-corrected chi connectivity index (χ0v) is 19.4. The summed E-state index contributed by atoms with van der Waals surface area (Å²) in [5, 5.41) is 7.64. The zero-order valence-electron chi connectivity index (χ0n) is 19.4. The first-order valence-corrected chi connectivity index (χ1v) is 11.6. The highest BCUT2D eigenvalue weighted by Crippen LogP contribution is 2.25. The Bertz CT molecular complexity index is 1510. The van der Waals surface area contributed by atoms with E-state index in [0.717, 1.165) is 16.8 Å². The molecule has 0 fully saturated rings. The van der Waals surface area contributed by atoms with Crippen molar-refractivity contribution in [3.8, 4) is 16.9 Å². The van der Waals surface area contributed by atoms with Gasteiger partial charge in [-0.3, -0.25) is 9.59 Å². The Balaban J connectivity index is 1.36. The molecule has 5 nitrogen and oxygen atoms in total. The van der Waals surface area contributed by atoms with E-state index in [1.54, 1.807) is 47.3 Å². The molecule has 174 valence electrons. The summed E-state index contributed by atoms with van der Waals surface area (Å²) in [5.41, 5.74) is 4.85. The fourth-order valence-electron chi connectivity index (χ4n) is 3.81. The molecule has 0 spiro atoms. The number of hydrogen-bond acceptors (Lipinski definition) is 3. The normalized spacial score (nSPS) is 10.9. The summed E-state index contributed by atoms with van der Waals surface area (Å²) in [5.74, 6) is -0.383. The van der Waals surface area contributed by atoms with Gasteiger partial charge in [-0.1, -0.05) is 84.9 Å². The van der Waals surface area contributed by atoms with Crippen LogP contribution >= 0.6 is 0 Å². The number of carbonyl (C=O) groups is 2. The van der Waals surface area contributed by atoms with Crippen LogP contribution in [0.15, 0.2) is 128 Å². The molecule has 0 atom stereocenters. The van der Waals surface area contributed by atoms with Crippen LogP contribution in [0.25, 0.3) is 23.0 Å². The smallest absolute Gasteiger partial charge is 0.259 e. The standard InChI is InChI=1S/C31H23N3O2/c35-29(21-16-23-10-4-1-5-11-23)24-17-19-26(20-18-24)32-31(36)28-22-34(27-14-8-3-9-15-27)33-30(28)25-12-6-2-7-13-25/h1-22H,(H,32,36). The number of amides is 1. The minimum atomic E-state index is -0.279. The summed E-state index contributed by atoms with van der Waals surface area (Å²) in [6.45, 7) is 0. The van der Waals surface area contributed by atoms with Crippen LogP contribution in [0.5, 0.6) is 0 Å². The van der Waals surface area contributed by atoms with Crippen molar-refractivity contribution in [3.63, 3.8) is 0 Å². The first kappa shape index (κ1) is 22.7. The van der Waals surface area contributed by atoms with Crippen molar-refractivity contribution < 1.29 is 9.59 Å². The first-order valence-electron chi connectivity index (χ1n) is 11.6. The molecular formula is C31H23N3O2. The molecule has 1 aromatic heterocycles.